The Morgan fingerprint density at radius 3 is 2.27 bits per heavy atom. The molecule has 3 aromatic carbocycles. The Labute approximate surface area is 242 Å². The molecule has 15 heteroatoms. The molecule has 40 heavy (non-hydrogen) atoms. The lowest BCUT2D eigenvalue weighted by atomic mass is 10.00. The van der Waals surface area contributed by atoms with Gasteiger partial charge in [0.05, 0.1) is 32.3 Å². The van der Waals surface area contributed by atoms with E-state index in [-0.39, 0.29) is 10.7 Å². The van der Waals surface area contributed by atoms with E-state index in [2.05, 4.69) is 5.32 Å². The molecule has 0 radical (unpaired) electrons. The molecule has 1 saturated carbocycles. The highest BCUT2D eigenvalue weighted by molar-refractivity contribution is 6.54. The van der Waals surface area contributed by atoms with Crippen LogP contribution in [-0.4, -0.2) is 23.1 Å². The molecule has 0 aliphatic heterocycles. The summed E-state index contributed by atoms with van der Waals surface area (Å²) in [6.45, 7) is -0.424. The van der Waals surface area contributed by atoms with Gasteiger partial charge in [0.15, 0.2) is 5.82 Å². The number of alkyl halides is 5. The summed E-state index contributed by atoms with van der Waals surface area (Å²) in [6.07, 6.45) is -4.62. The lowest BCUT2D eigenvalue weighted by molar-refractivity contribution is -0.137. The number of hydrogen-bond donors (Lipinski definition) is 3. The molecule has 5 nitrogen and oxygen atoms in total. The minimum atomic E-state index is -5.03. The minimum absolute atomic E-state index is 0.260. The zero-order valence-corrected chi connectivity index (χ0v) is 22.6. The molecule has 3 aromatic rings. The lowest BCUT2D eigenvalue weighted by Gasteiger charge is -2.18. The Hall–Kier alpha value is -2.86. The number of nitrogens with two attached hydrogens (primary N) is 1. The van der Waals surface area contributed by atoms with Crippen molar-refractivity contribution in [1.82, 2.24) is 0 Å². The first kappa shape index (κ1) is 30.1. The van der Waals surface area contributed by atoms with Crippen LogP contribution in [0.2, 0.25) is 10.0 Å². The van der Waals surface area contributed by atoms with Gasteiger partial charge >= 0.3 is 6.18 Å². The van der Waals surface area contributed by atoms with E-state index < -0.39 is 79.3 Å². The van der Waals surface area contributed by atoms with Crippen molar-refractivity contribution < 1.29 is 35.9 Å². The highest BCUT2D eigenvalue weighted by Gasteiger charge is 2.76. The number of nitrogen functional groups attached to an aromatic ring is 1. The van der Waals surface area contributed by atoms with Crippen molar-refractivity contribution in [2.45, 2.75) is 16.4 Å². The van der Waals surface area contributed by atoms with Gasteiger partial charge in [-0.2, -0.15) is 13.2 Å². The maximum absolute atomic E-state index is 14.3. The number of nitrogens with one attached hydrogen (secondary N) is 2. The number of rotatable bonds is 7. The summed E-state index contributed by atoms with van der Waals surface area (Å²) in [6, 6.07) is 6.66. The number of hydrogen-bond acceptors (Lipinski definition) is 4. The van der Waals surface area contributed by atoms with Gasteiger partial charge in [-0.3, -0.25) is 4.79 Å². The molecule has 0 bridgehead atoms. The summed E-state index contributed by atoms with van der Waals surface area (Å²) in [5.74, 6) is -5.38. The van der Waals surface area contributed by atoms with Gasteiger partial charge in [-0.05, 0) is 42.0 Å². The first-order valence-corrected chi connectivity index (χ1v) is 12.5. The first-order chi connectivity index (χ1) is 18.5. The van der Waals surface area contributed by atoms with E-state index in [4.69, 9.17) is 52.1 Å². The van der Waals surface area contributed by atoms with E-state index in [0.29, 0.717) is 17.9 Å². The Kier molecular flexibility index (Phi) is 7.92. The van der Waals surface area contributed by atoms with Crippen molar-refractivity contribution in [3.8, 4) is 0 Å². The quantitative estimate of drug-likeness (QED) is 0.106. The lowest BCUT2D eigenvalue weighted by Crippen LogP contribution is -2.24. The van der Waals surface area contributed by atoms with Crippen LogP contribution in [0.25, 0.3) is 0 Å². The fourth-order valence-electron chi connectivity index (χ4n) is 4.29. The highest BCUT2D eigenvalue weighted by Crippen LogP contribution is 2.73. The molecule has 0 heterocycles. The standard InChI is InChI=1S/C25H15Cl4F6N3O2/c26-14-5-10(1-2-15(14)30)21-23(9-39,24(21,28)29)8-37-11-6-12(18(27)13(7-11)25(33,34)35)22(40)38-17-4-3-16(31)20(36)19(17)32/h1-7,9,21,37H,8,36H2,(H,38,40). The third kappa shape index (κ3) is 5.15. The Bertz CT molecular complexity index is 1540. The molecule has 0 spiro atoms. The summed E-state index contributed by atoms with van der Waals surface area (Å²) in [7, 11) is 0. The molecule has 1 amide bonds. The molecule has 2 atom stereocenters. The molecule has 212 valence electrons. The molecule has 0 aromatic heterocycles. The molecule has 4 rings (SSSR count). The summed E-state index contributed by atoms with van der Waals surface area (Å²) in [5, 5.41) is 3.35. The van der Waals surface area contributed by atoms with Crippen LogP contribution in [0, 0.1) is 22.9 Å². The molecule has 1 fully saturated rings. The highest BCUT2D eigenvalue weighted by atomic mass is 35.5. The molecule has 4 N–H and O–H groups in total. The number of amides is 1. The van der Waals surface area contributed by atoms with Gasteiger partial charge in [-0.1, -0.05) is 52.5 Å². The molecule has 1 aliphatic rings. The van der Waals surface area contributed by atoms with Crippen LogP contribution in [0.3, 0.4) is 0 Å². The van der Waals surface area contributed by atoms with Crippen LogP contribution in [0.5, 0.6) is 0 Å². The van der Waals surface area contributed by atoms with Crippen LogP contribution >= 0.6 is 46.4 Å². The van der Waals surface area contributed by atoms with E-state index >= 15 is 0 Å². The smallest absolute Gasteiger partial charge is 0.394 e. The van der Waals surface area contributed by atoms with E-state index in [9.17, 15) is 35.9 Å². The van der Waals surface area contributed by atoms with Gasteiger partial charge in [0, 0.05) is 18.2 Å². The number of carbonyl (C=O) groups excluding carboxylic acids is 2. The number of halogens is 10. The Morgan fingerprint density at radius 2 is 1.68 bits per heavy atom. The second-order valence-corrected chi connectivity index (χ2v) is 11.1. The minimum Gasteiger partial charge on any atom is -0.394 e. The maximum Gasteiger partial charge on any atom is 0.417 e. The number of carbonyl (C=O) groups is 2. The number of benzene rings is 3. The molecule has 0 saturated heterocycles. The zero-order valence-electron chi connectivity index (χ0n) is 19.6. The fraction of sp³-hybridized carbons (Fsp3) is 0.200. The number of aldehydes is 1. The normalized spacial score (nSPS) is 19.7. The average molecular weight is 645 g/mol. The van der Waals surface area contributed by atoms with Gasteiger partial charge in [0.25, 0.3) is 5.91 Å². The maximum atomic E-state index is 14.3. The first-order valence-electron chi connectivity index (χ1n) is 11.0. The van der Waals surface area contributed by atoms with E-state index in [1.165, 1.54) is 12.1 Å². The molecular formula is C25H15Cl4F6N3O2. The second-order valence-electron chi connectivity index (χ2n) is 8.90. The molecular weight excluding hydrogens is 630 g/mol. The van der Waals surface area contributed by atoms with Crippen molar-refractivity contribution >= 4 is 75.7 Å². The Morgan fingerprint density at radius 1 is 1.02 bits per heavy atom. The predicted octanol–water partition coefficient (Wildman–Crippen LogP) is 7.83. The van der Waals surface area contributed by atoms with Crippen molar-refractivity contribution in [2.24, 2.45) is 5.41 Å². The Balaban J connectivity index is 1.67. The summed E-state index contributed by atoms with van der Waals surface area (Å²) in [4.78, 5) is 25.0. The monoisotopic (exact) mass is 643 g/mol. The van der Waals surface area contributed by atoms with Crippen molar-refractivity contribution in [3.05, 3.63) is 86.7 Å². The zero-order chi connectivity index (χ0) is 29.8. The SMILES string of the molecule is Nc1c(F)ccc(NC(=O)c2cc(NCC3(C=O)C(c4ccc(F)c(Cl)c4)C3(Cl)Cl)cc(C(F)(F)F)c2Cl)c1F. The predicted molar refractivity (Wildman–Crippen MR) is 141 cm³/mol. The second kappa shape index (κ2) is 10.5. The largest absolute Gasteiger partial charge is 0.417 e. The van der Waals surface area contributed by atoms with Crippen LogP contribution in [0.4, 0.5) is 43.4 Å². The van der Waals surface area contributed by atoms with Crippen LogP contribution in [0.15, 0.2) is 42.5 Å². The van der Waals surface area contributed by atoms with E-state index in [1.54, 1.807) is 0 Å². The van der Waals surface area contributed by atoms with Crippen LogP contribution in [0.1, 0.15) is 27.4 Å². The fourth-order valence-corrected chi connectivity index (χ4v) is 5.75. The van der Waals surface area contributed by atoms with Crippen molar-refractivity contribution in [2.75, 3.05) is 22.9 Å². The third-order valence-corrected chi connectivity index (χ3v) is 8.32. The van der Waals surface area contributed by atoms with Gasteiger partial charge in [-0.15, -0.1) is 0 Å². The van der Waals surface area contributed by atoms with Gasteiger partial charge in [0.1, 0.15) is 27.9 Å². The van der Waals surface area contributed by atoms with Gasteiger partial charge in [-0.25, -0.2) is 13.2 Å². The number of anilines is 3. The summed E-state index contributed by atoms with van der Waals surface area (Å²) < 4.78 is 81.0. The summed E-state index contributed by atoms with van der Waals surface area (Å²) >= 11 is 24.5. The van der Waals surface area contributed by atoms with E-state index in [1.807, 2.05) is 5.32 Å². The summed E-state index contributed by atoms with van der Waals surface area (Å²) in [5.41, 5.74) is -0.0391. The molecule has 1 aliphatic carbocycles. The third-order valence-electron chi connectivity index (χ3n) is 6.48. The van der Waals surface area contributed by atoms with Crippen LogP contribution in [-0.2, 0) is 11.0 Å². The average Bonchev–Trinajstić information content (AvgIpc) is 3.38. The van der Waals surface area contributed by atoms with Crippen LogP contribution < -0.4 is 16.4 Å². The van der Waals surface area contributed by atoms with Crippen molar-refractivity contribution in [3.63, 3.8) is 0 Å². The van der Waals surface area contributed by atoms with Gasteiger partial charge < -0.3 is 21.2 Å². The topological polar surface area (TPSA) is 84.2 Å². The van der Waals surface area contributed by atoms with Gasteiger partial charge in [0.2, 0.25) is 0 Å². The molecule has 2 unspecified atom stereocenters. The van der Waals surface area contributed by atoms with Crippen molar-refractivity contribution in [1.29, 1.82) is 0 Å². The van der Waals surface area contributed by atoms with E-state index in [0.717, 1.165) is 24.3 Å².